The summed E-state index contributed by atoms with van der Waals surface area (Å²) in [7, 11) is 0. The SMILES string of the molecule is CCCCN(CCO)c1cc(C)nc(C)c1C(N)=S. The maximum Gasteiger partial charge on any atom is 0.107 e. The average Bonchev–Trinajstić information content (AvgIpc) is 2.32. The molecule has 0 aromatic carbocycles. The van der Waals surface area contributed by atoms with Crippen molar-refractivity contribution in [2.45, 2.75) is 33.6 Å². The van der Waals surface area contributed by atoms with Gasteiger partial charge in [-0.25, -0.2) is 0 Å². The van der Waals surface area contributed by atoms with Gasteiger partial charge in [0.15, 0.2) is 0 Å². The molecule has 1 aromatic rings. The Hall–Kier alpha value is -1.20. The summed E-state index contributed by atoms with van der Waals surface area (Å²) in [5.41, 5.74) is 9.43. The third kappa shape index (κ3) is 4.14. The average molecular weight is 281 g/mol. The van der Waals surface area contributed by atoms with E-state index in [2.05, 4.69) is 16.8 Å². The van der Waals surface area contributed by atoms with Gasteiger partial charge >= 0.3 is 0 Å². The van der Waals surface area contributed by atoms with Crippen LogP contribution in [0.4, 0.5) is 5.69 Å². The van der Waals surface area contributed by atoms with Crippen LogP contribution in [-0.2, 0) is 0 Å². The van der Waals surface area contributed by atoms with Crippen LogP contribution in [0.25, 0.3) is 0 Å². The quantitative estimate of drug-likeness (QED) is 0.748. The van der Waals surface area contributed by atoms with Crippen molar-refractivity contribution in [2.75, 3.05) is 24.6 Å². The molecule has 19 heavy (non-hydrogen) atoms. The number of nitrogens with two attached hydrogens (primary N) is 1. The molecule has 0 fully saturated rings. The van der Waals surface area contributed by atoms with Gasteiger partial charge in [0.05, 0.1) is 17.9 Å². The molecule has 3 N–H and O–H groups in total. The summed E-state index contributed by atoms with van der Waals surface area (Å²) in [6.07, 6.45) is 2.17. The summed E-state index contributed by atoms with van der Waals surface area (Å²) < 4.78 is 0. The third-order valence-corrected chi connectivity index (χ3v) is 3.25. The number of rotatable bonds is 7. The van der Waals surface area contributed by atoms with Crippen molar-refractivity contribution in [3.63, 3.8) is 0 Å². The fourth-order valence-corrected chi connectivity index (χ4v) is 2.44. The minimum absolute atomic E-state index is 0.112. The fraction of sp³-hybridized carbons (Fsp3) is 0.571. The van der Waals surface area contributed by atoms with Gasteiger partial charge < -0.3 is 15.7 Å². The number of aromatic nitrogens is 1. The lowest BCUT2D eigenvalue weighted by Crippen LogP contribution is -2.31. The lowest BCUT2D eigenvalue weighted by Gasteiger charge is -2.27. The molecule has 0 spiro atoms. The van der Waals surface area contributed by atoms with Crippen LogP contribution in [-0.4, -0.2) is 34.8 Å². The Morgan fingerprint density at radius 3 is 2.63 bits per heavy atom. The molecular formula is C14H23N3OS. The first-order valence-electron chi connectivity index (χ1n) is 6.65. The van der Waals surface area contributed by atoms with Crippen molar-refractivity contribution in [1.82, 2.24) is 4.98 Å². The third-order valence-electron chi connectivity index (χ3n) is 3.05. The minimum Gasteiger partial charge on any atom is -0.395 e. The first-order chi connectivity index (χ1) is 9.01. The van der Waals surface area contributed by atoms with Gasteiger partial charge in [0, 0.05) is 24.5 Å². The molecule has 0 atom stereocenters. The number of unbranched alkanes of at least 4 members (excludes halogenated alkanes) is 1. The summed E-state index contributed by atoms with van der Waals surface area (Å²) in [5, 5.41) is 9.24. The van der Waals surface area contributed by atoms with Crippen LogP contribution in [0.5, 0.6) is 0 Å². The number of nitrogens with zero attached hydrogens (tertiary/aromatic N) is 2. The van der Waals surface area contributed by atoms with Crippen molar-refractivity contribution in [1.29, 1.82) is 0 Å². The van der Waals surface area contributed by atoms with E-state index in [1.807, 2.05) is 19.9 Å². The Bertz CT molecular complexity index is 449. The van der Waals surface area contributed by atoms with Crippen molar-refractivity contribution < 1.29 is 5.11 Å². The monoisotopic (exact) mass is 281 g/mol. The molecule has 1 aromatic heterocycles. The lowest BCUT2D eigenvalue weighted by molar-refractivity contribution is 0.301. The van der Waals surface area contributed by atoms with E-state index in [9.17, 15) is 5.11 Å². The Kier molecular flexibility index (Phi) is 6.18. The molecule has 4 nitrogen and oxygen atoms in total. The summed E-state index contributed by atoms with van der Waals surface area (Å²) in [6, 6.07) is 1.99. The van der Waals surface area contributed by atoms with Crippen molar-refractivity contribution in [3.8, 4) is 0 Å². The molecule has 0 radical (unpaired) electrons. The zero-order chi connectivity index (χ0) is 14.4. The highest BCUT2D eigenvalue weighted by Crippen LogP contribution is 2.24. The van der Waals surface area contributed by atoms with Crippen LogP contribution in [0.2, 0.25) is 0 Å². The Labute approximate surface area is 120 Å². The minimum atomic E-state index is 0.112. The van der Waals surface area contributed by atoms with Gasteiger partial charge in [0.25, 0.3) is 0 Å². The molecule has 106 valence electrons. The van der Waals surface area contributed by atoms with Crippen molar-refractivity contribution in [3.05, 3.63) is 23.0 Å². The van der Waals surface area contributed by atoms with Crippen molar-refractivity contribution in [2.24, 2.45) is 5.73 Å². The van der Waals surface area contributed by atoms with Crippen molar-refractivity contribution >= 4 is 22.9 Å². The first-order valence-corrected chi connectivity index (χ1v) is 7.06. The van der Waals surface area contributed by atoms with Crippen LogP contribution in [0.1, 0.15) is 36.7 Å². The number of aliphatic hydroxyl groups excluding tert-OH is 1. The van der Waals surface area contributed by atoms with Gasteiger partial charge in [-0.15, -0.1) is 0 Å². The second-order valence-corrected chi connectivity index (χ2v) is 5.11. The number of hydrogen-bond donors (Lipinski definition) is 2. The van der Waals surface area contributed by atoms with Crippen LogP contribution < -0.4 is 10.6 Å². The number of aliphatic hydroxyl groups is 1. The van der Waals surface area contributed by atoms with E-state index in [4.69, 9.17) is 18.0 Å². The van der Waals surface area contributed by atoms with E-state index in [1.54, 1.807) is 0 Å². The van der Waals surface area contributed by atoms with Gasteiger partial charge in [0.1, 0.15) is 4.99 Å². The van der Waals surface area contributed by atoms with E-state index in [0.717, 1.165) is 42.0 Å². The predicted octanol–water partition coefficient (Wildman–Crippen LogP) is 1.93. The Morgan fingerprint density at radius 1 is 1.42 bits per heavy atom. The highest BCUT2D eigenvalue weighted by atomic mass is 32.1. The Morgan fingerprint density at radius 2 is 2.11 bits per heavy atom. The highest BCUT2D eigenvalue weighted by molar-refractivity contribution is 7.80. The molecule has 5 heteroatoms. The van der Waals surface area contributed by atoms with E-state index < -0.39 is 0 Å². The molecule has 0 saturated heterocycles. The summed E-state index contributed by atoms with van der Waals surface area (Å²) in [5.74, 6) is 0. The maximum absolute atomic E-state index is 9.24. The molecule has 1 rings (SSSR count). The topological polar surface area (TPSA) is 62.4 Å². The summed E-state index contributed by atoms with van der Waals surface area (Å²) >= 11 is 5.14. The predicted molar refractivity (Wildman–Crippen MR) is 83.8 cm³/mol. The second kappa shape index (κ2) is 7.40. The smallest absolute Gasteiger partial charge is 0.107 e. The van der Waals surface area contributed by atoms with E-state index in [1.165, 1.54) is 0 Å². The molecule has 0 saturated carbocycles. The maximum atomic E-state index is 9.24. The molecule has 0 amide bonds. The molecule has 0 bridgehead atoms. The van der Waals surface area contributed by atoms with Crippen LogP contribution in [0.15, 0.2) is 6.07 Å². The van der Waals surface area contributed by atoms with Gasteiger partial charge in [-0.05, 0) is 26.3 Å². The summed E-state index contributed by atoms with van der Waals surface area (Å²) in [4.78, 5) is 6.92. The molecule has 0 aliphatic carbocycles. The first kappa shape index (κ1) is 15.9. The molecule has 0 aliphatic heterocycles. The Balaban J connectivity index is 3.22. The zero-order valence-corrected chi connectivity index (χ0v) is 12.8. The number of pyridine rings is 1. The second-order valence-electron chi connectivity index (χ2n) is 4.67. The fourth-order valence-electron chi connectivity index (χ4n) is 2.18. The van der Waals surface area contributed by atoms with Crippen LogP contribution in [0, 0.1) is 13.8 Å². The van der Waals surface area contributed by atoms with Gasteiger partial charge in [-0.2, -0.15) is 0 Å². The number of anilines is 1. The number of aryl methyl sites for hydroxylation is 2. The number of thiocarbonyl (C=S) groups is 1. The molecular weight excluding hydrogens is 258 g/mol. The molecule has 1 heterocycles. The van der Waals surface area contributed by atoms with Gasteiger partial charge in [-0.3, -0.25) is 4.98 Å². The van der Waals surface area contributed by atoms with Gasteiger partial charge in [-0.1, -0.05) is 25.6 Å². The largest absolute Gasteiger partial charge is 0.395 e. The van der Waals surface area contributed by atoms with Crippen LogP contribution in [0.3, 0.4) is 0 Å². The van der Waals surface area contributed by atoms with E-state index in [-0.39, 0.29) is 6.61 Å². The number of hydrogen-bond acceptors (Lipinski definition) is 4. The van der Waals surface area contributed by atoms with Crippen LogP contribution >= 0.6 is 12.2 Å². The van der Waals surface area contributed by atoms with Gasteiger partial charge in [0.2, 0.25) is 0 Å². The van der Waals surface area contributed by atoms with E-state index in [0.29, 0.717) is 11.5 Å². The molecule has 0 aliphatic rings. The zero-order valence-electron chi connectivity index (χ0n) is 11.9. The van der Waals surface area contributed by atoms with E-state index >= 15 is 0 Å². The lowest BCUT2D eigenvalue weighted by atomic mass is 10.1. The standard InChI is InChI=1S/C14H23N3OS/c1-4-5-6-17(7-8-18)12-9-10(2)16-11(3)13(12)14(15)19/h9,18H,4-8H2,1-3H3,(H2,15,19). The molecule has 0 unspecified atom stereocenters. The highest BCUT2D eigenvalue weighted by Gasteiger charge is 2.16. The summed E-state index contributed by atoms with van der Waals surface area (Å²) in [6.45, 7) is 7.60. The normalized spacial score (nSPS) is 10.5.